The molecule has 0 saturated carbocycles. The molecule has 0 amide bonds. The third kappa shape index (κ3) is 3.00. The molecule has 21 heavy (non-hydrogen) atoms. The van der Waals surface area contributed by atoms with Crippen LogP contribution in [0.3, 0.4) is 0 Å². The Morgan fingerprint density at radius 1 is 1.29 bits per heavy atom. The highest BCUT2D eigenvalue weighted by atomic mass is 32.1. The second kappa shape index (κ2) is 5.60. The molecule has 1 fully saturated rings. The smallest absolute Gasteiger partial charge is 0.186 e. The van der Waals surface area contributed by atoms with Crippen LogP contribution in [0.2, 0.25) is 0 Å². The highest BCUT2D eigenvalue weighted by Crippen LogP contribution is 2.36. The molecule has 0 bridgehead atoms. The number of aldehydes is 1. The van der Waals surface area contributed by atoms with Gasteiger partial charge in [0.1, 0.15) is 0 Å². The van der Waals surface area contributed by atoms with Gasteiger partial charge in [0.25, 0.3) is 0 Å². The minimum absolute atomic E-state index is 0.318. The minimum atomic E-state index is 0.318. The quantitative estimate of drug-likeness (QED) is 0.795. The van der Waals surface area contributed by atoms with Gasteiger partial charge in [-0.1, -0.05) is 55.5 Å². The number of rotatable bonds is 3. The topological polar surface area (TPSA) is 33.2 Å². The van der Waals surface area contributed by atoms with Gasteiger partial charge < -0.3 is 4.90 Å². The molecule has 2 aromatic rings. The highest BCUT2D eigenvalue weighted by molar-refractivity contribution is 7.17. The monoisotopic (exact) mass is 300 g/mol. The normalized spacial score (nSPS) is 17.7. The lowest BCUT2D eigenvalue weighted by atomic mass is 9.84. The summed E-state index contributed by atoms with van der Waals surface area (Å²) in [5, 5.41) is 0.976. The van der Waals surface area contributed by atoms with Gasteiger partial charge in [-0.05, 0) is 18.3 Å². The molecule has 0 spiro atoms. The van der Waals surface area contributed by atoms with E-state index >= 15 is 0 Å². The molecule has 0 radical (unpaired) electrons. The van der Waals surface area contributed by atoms with E-state index in [0.717, 1.165) is 40.6 Å². The summed E-state index contributed by atoms with van der Waals surface area (Å²) in [5.41, 5.74) is 2.14. The van der Waals surface area contributed by atoms with E-state index < -0.39 is 0 Å². The summed E-state index contributed by atoms with van der Waals surface area (Å²) in [6, 6.07) is 9.95. The summed E-state index contributed by atoms with van der Waals surface area (Å²) >= 11 is 1.51. The van der Waals surface area contributed by atoms with E-state index in [0.29, 0.717) is 5.41 Å². The average molecular weight is 300 g/mol. The number of carbonyl (C=O) groups is 1. The van der Waals surface area contributed by atoms with Crippen LogP contribution in [0.5, 0.6) is 0 Å². The molecule has 2 heterocycles. The Morgan fingerprint density at radius 3 is 2.71 bits per heavy atom. The molecule has 1 aliphatic heterocycles. The summed E-state index contributed by atoms with van der Waals surface area (Å²) < 4.78 is 0. The first-order valence-corrected chi connectivity index (χ1v) is 8.17. The predicted molar refractivity (Wildman–Crippen MR) is 88.2 cm³/mol. The van der Waals surface area contributed by atoms with E-state index in [1.165, 1.54) is 24.2 Å². The Hall–Kier alpha value is -1.68. The zero-order valence-corrected chi connectivity index (χ0v) is 13.3. The molecule has 1 saturated heterocycles. The van der Waals surface area contributed by atoms with Crippen molar-refractivity contribution in [2.45, 2.75) is 26.7 Å². The summed E-state index contributed by atoms with van der Waals surface area (Å²) in [4.78, 5) is 19.2. The van der Waals surface area contributed by atoms with Gasteiger partial charge in [-0.15, -0.1) is 0 Å². The fraction of sp³-hybridized carbons (Fsp3) is 0.412. The molecule has 4 heteroatoms. The molecule has 110 valence electrons. The molecule has 0 N–H and O–H groups in total. The van der Waals surface area contributed by atoms with Crippen molar-refractivity contribution in [2.75, 3.05) is 18.0 Å². The molecule has 1 aromatic carbocycles. The minimum Gasteiger partial charge on any atom is -0.348 e. The lowest BCUT2D eigenvalue weighted by Gasteiger charge is -2.37. The zero-order valence-electron chi connectivity index (χ0n) is 12.5. The van der Waals surface area contributed by atoms with Crippen LogP contribution in [0.25, 0.3) is 11.3 Å². The second-order valence-electron chi connectivity index (χ2n) is 6.38. The van der Waals surface area contributed by atoms with E-state index in [1.807, 2.05) is 30.3 Å². The number of hydrogen-bond acceptors (Lipinski definition) is 4. The van der Waals surface area contributed by atoms with E-state index in [-0.39, 0.29) is 0 Å². The van der Waals surface area contributed by atoms with E-state index in [1.54, 1.807) is 0 Å². The van der Waals surface area contributed by atoms with Gasteiger partial charge in [0.15, 0.2) is 11.4 Å². The van der Waals surface area contributed by atoms with Crippen molar-refractivity contribution in [1.29, 1.82) is 0 Å². The van der Waals surface area contributed by atoms with Gasteiger partial charge >= 0.3 is 0 Å². The number of anilines is 1. The maximum atomic E-state index is 11.4. The van der Waals surface area contributed by atoms with Crippen molar-refractivity contribution >= 4 is 22.8 Å². The maximum absolute atomic E-state index is 11.4. The standard InChI is InChI=1S/C17H20N2OS/c1-17(2)9-6-10-19(12-17)16-18-15(14(11-20)21-16)13-7-4-3-5-8-13/h3-5,7-8,11H,6,9-10,12H2,1-2H3. The van der Waals surface area contributed by atoms with E-state index in [2.05, 4.69) is 18.7 Å². The first-order chi connectivity index (χ1) is 10.1. The zero-order chi connectivity index (χ0) is 14.9. The third-order valence-corrected chi connectivity index (χ3v) is 5.01. The Balaban J connectivity index is 1.95. The first-order valence-electron chi connectivity index (χ1n) is 7.35. The predicted octanol–water partition coefficient (Wildman–Crippen LogP) is 4.25. The van der Waals surface area contributed by atoms with Crippen LogP contribution in [-0.2, 0) is 0 Å². The summed E-state index contributed by atoms with van der Waals surface area (Å²) in [5.74, 6) is 0. The van der Waals surface area contributed by atoms with Crippen LogP contribution in [0, 0.1) is 5.41 Å². The van der Waals surface area contributed by atoms with Gasteiger partial charge in [-0.2, -0.15) is 0 Å². The van der Waals surface area contributed by atoms with E-state index in [9.17, 15) is 4.79 Å². The van der Waals surface area contributed by atoms with Crippen molar-refractivity contribution < 1.29 is 4.79 Å². The SMILES string of the molecule is CC1(C)CCCN(c2nc(-c3ccccc3)c(C=O)s2)C1. The highest BCUT2D eigenvalue weighted by Gasteiger charge is 2.28. The van der Waals surface area contributed by atoms with Crippen LogP contribution >= 0.6 is 11.3 Å². The van der Waals surface area contributed by atoms with Crippen LogP contribution in [0.4, 0.5) is 5.13 Å². The molecule has 0 aliphatic carbocycles. The number of carbonyl (C=O) groups excluding carboxylic acids is 1. The largest absolute Gasteiger partial charge is 0.348 e. The van der Waals surface area contributed by atoms with Crippen molar-refractivity contribution in [1.82, 2.24) is 4.98 Å². The van der Waals surface area contributed by atoms with Gasteiger partial charge in [0, 0.05) is 18.7 Å². The Kier molecular flexibility index (Phi) is 3.81. The Morgan fingerprint density at radius 2 is 2.05 bits per heavy atom. The molecule has 0 atom stereocenters. The van der Waals surface area contributed by atoms with Crippen LogP contribution < -0.4 is 4.90 Å². The fourth-order valence-electron chi connectivity index (χ4n) is 2.92. The van der Waals surface area contributed by atoms with E-state index in [4.69, 9.17) is 4.98 Å². The summed E-state index contributed by atoms with van der Waals surface area (Å²) in [6.07, 6.45) is 3.36. The number of thiazole rings is 1. The molecule has 0 unspecified atom stereocenters. The third-order valence-electron chi connectivity index (χ3n) is 3.97. The number of benzene rings is 1. The molecule has 3 nitrogen and oxygen atoms in total. The summed E-state index contributed by atoms with van der Waals surface area (Å²) in [6.45, 7) is 6.63. The van der Waals surface area contributed by atoms with Crippen LogP contribution in [0.15, 0.2) is 30.3 Å². The summed E-state index contributed by atoms with van der Waals surface area (Å²) in [7, 11) is 0. The molecular weight excluding hydrogens is 280 g/mol. The molecular formula is C17H20N2OS. The first kappa shape index (κ1) is 14.3. The number of nitrogens with zero attached hydrogens (tertiary/aromatic N) is 2. The van der Waals surface area contributed by atoms with Crippen molar-refractivity contribution in [3.8, 4) is 11.3 Å². The second-order valence-corrected chi connectivity index (χ2v) is 7.39. The Labute approximate surface area is 129 Å². The molecule has 3 rings (SSSR count). The van der Waals surface area contributed by atoms with Gasteiger partial charge in [-0.3, -0.25) is 4.79 Å². The van der Waals surface area contributed by atoms with Gasteiger partial charge in [0.05, 0.1) is 10.6 Å². The average Bonchev–Trinajstić information content (AvgIpc) is 2.91. The number of hydrogen-bond donors (Lipinski definition) is 0. The van der Waals surface area contributed by atoms with Crippen LogP contribution in [-0.4, -0.2) is 24.4 Å². The van der Waals surface area contributed by atoms with Crippen LogP contribution in [0.1, 0.15) is 36.4 Å². The van der Waals surface area contributed by atoms with Gasteiger partial charge in [-0.25, -0.2) is 4.98 Å². The van der Waals surface area contributed by atoms with Crippen molar-refractivity contribution in [3.05, 3.63) is 35.2 Å². The lowest BCUT2D eigenvalue weighted by molar-refractivity contribution is 0.112. The molecule has 1 aromatic heterocycles. The lowest BCUT2D eigenvalue weighted by Crippen LogP contribution is -2.40. The van der Waals surface area contributed by atoms with Crippen molar-refractivity contribution in [3.63, 3.8) is 0 Å². The molecule has 1 aliphatic rings. The number of aromatic nitrogens is 1. The fourth-order valence-corrected chi connectivity index (χ4v) is 3.85. The number of piperidine rings is 1. The maximum Gasteiger partial charge on any atom is 0.186 e. The van der Waals surface area contributed by atoms with Crippen molar-refractivity contribution in [2.24, 2.45) is 5.41 Å². The Bertz CT molecular complexity index is 633. The van der Waals surface area contributed by atoms with Gasteiger partial charge in [0.2, 0.25) is 0 Å².